The number of hydrogen-bond acceptors (Lipinski definition) is 4. The van der Waals surface area contributed by atoms with Crippen molar-refractivity contribution in [2.45, 2.75) is 70.1 Å². The second-order valence-corrected chi connectivity index (χ2v) is 13.0. The van der Waals surface area contributed by atoms with Crippen molar-refractivity contribution in [3.8, 4) is 0 Å². The van der Waals surface area contributed by atoms with Crippen molar-refractivity contribution in [1.82, 2.24) is 14.1 Å². The van der Waals surface area contributed by atoms with Crippen LogP contribution in [0.15, 0.2) is 18.2 Å². The van der Waals surface area contributed by atoms with E-state index in [1.54, 1.807) is 15.1 Å². The molecule has 34 heavy (non-hydrogen) atoms. The monoisotopic (exact) mass is 491 g/mol. The van der Waals surface area contributed by atoms with Crippen molar-refractivity contribution in [1.29, 1.82) is 0 Å². The molecule has 0 spiro atoms. The molecule has 2 heterocycles. The molecule has 0 amide bonds. The highest BCUT2D eigenvalue weighted by Crippen LogP contribution is 2.47. The van der Waals surface area contributed by atoms with Crippen LogP contribution in [0.4, 0.5) is 4.39 Å². The SMILES string of the molecule is CC(C)C1CC1S(=O)(=O)N1C[C@@H](CC2CCCC2)[C@@H](n2nc(CC(=O)O)c3ccc(F)cc32)C1. The zero-order valence-corrected chi connectivity index (χ0v) is 20.7. The summed E-state index contributed by atoms with van der Waals surface area (Å²) in [4.78, 5) is 11.4. The second-order valence-electron chi connectivity index (χ2n) is 10.9. The minimum atomic E-state index is -3.42. The molecule has 186 valence electrons. The van der Waals surface area contributed by atoms with Crippen molar-refractivity contribution in [3.63, 3.8) is 0 Å². The number of fused-ring (bicyclic) bond motifs is 1. The van der Waals surface area contributed by atoms with Crippen molar-refractivity contribution in [2.75, 3.05) is 13.1 Å². The number of rotatable bonds is 8. The highest BCUT2D eigenvalue weighted by molar-refractivity contribution is 7.90. The lowest BCUT2D eigenvalue weighted by atomic mass is 9.90. The fraction of sp³-hybridized carbons (Fsp3) is 0.680. The van der Waals surface area contributed by atoms with Gasteiger partial charge in [-0.3, -0.25) is 9.48 Å². The summed E-state index contributed by atoms with van der Waals surface area (Å²) in [5.41, 5.74) is 0.939. The molecule has 4 atom stereocenters. The van der Waals surface area contributed by atoms with Crippen LogP contribution in [-0.4, -0.2) is 51.9 Å². The first-order valence-corrected chi connectivity index (χ1v) is 14.0. The molecule has 2 aliphatic carbocycles. The lowest BCUT2D eigenvalue weighted by Crippen LogP contribution is -2.33. The van der Waals surface area contributed by atoms with Gasteiger partial charge < -0.3 is 5.11 Å². The first-order chi connectivity index (χ1) is 16.1. The molecule has 2 aromatic rings. The van der Waals surface area contributed by atoms with Gasteiger partial charge in [-0.05, 0) is 54.7 Å². The third kappa shape index (κ3) is 4.37. The summed E-state index contributed by atoms with van der Waals surface area (Å²) in [6, 6.07) is 4.06. The molecule has 1 aromatic carbocycles. The van der Waals surface area contributed by atoms with Gasteiger partial charge in [-0.15, -0.1) is 0 Å². The van der Waals surface area contributed by atoms with E-state index < -0.39 is 21.8 Å². The number of aliphatic carboxylic acids is 1. The molecule has 3 fully saturated rings. The number of aromatic nitrogens is 2. The highest BCUT2D eigenvalue weighted by atomic mass is 32.2. The lowest BCUT2D eigenvalue weighted by Gasteiger charge is -2.22. The van der Waals surface area contributed by atoms with Gasteiger partial charge >= 0.3 is 5.97 Å². The molecule has 1 N–H and O–H groups in total. The maximum Gasteiger partial charge on any atom is 0.309 e. The smallest absolute Gasteiger partial charge is 0.309 e. The Labute approximate surface area is 200 Å². The van der Waals surface area contributed by atoms with Crippen molar-refractivity contribution in [2.24, 2.45) is 23.7 Å². The van der Waals surface area contributed by atoms with Crippen molar-refractivity contribution < 1.29 is 22.7 Å². The number of carboxylic acid groups (broad SMARTS) is 1. The number of halogens is 1. The second kappa shape index (κ2) is 8.90. The van der Waals surface area contributed by atoms with E-state index in [0.29, 0.717) is 47.9 Å². The molecule has 0 radical (unpaired) electrons. The lowest BCUT2D eigenvalue weighted by molar-refractivity contribution is -0.136. The van der Waals surface area contributed by atoms with Crippen LogP contribution in [0, 0.1) is 29.5 Å². The van der Waals surface area contributed by atoms with Crippen LogP contribution >= 0.6 is 0 Å². The maximum absolute atomic E-state index is 14.2. The summed E-state index contributed by atoms with van der Waals surface area (Å²) in [6.07, 6.45) is 6.11. The molecule has 1 aliphatic heterocycles. The largest absolute Gasteiger partial charge is 0.481 e. The zero-order chi connectivity index (χ0) is 24.2. The third-order valence-corrected chi connectivity index (χ3v) is 10.6. The first-order valence-electron chi connectivity index (χ1n) is 12.5. The molecular weight excluding hydrogens is 457 g/mol. The topological polar surface area (TPSA) is 92.5 Å². The average Bonchev–Trinajstić information content (AvgIpc) is 3.07. The highest BCUT2D eigenvalue weighted by Gasteiger charge is 2.53. The minimum absolute atomic E-state index is 0.0678. The molecule has 2 unspecified atom stereocenters. The standard InChI is InChI=1S/C25H34FN3O4S/c1-15(2)20-11-24(20)34(32,33)28-13-17(9-16-5-3-4-6-16)23(14-28)29-22-10-18(26)7-8-19(22)21(27-29)12-25(30)31/h7-8,10,15-17,20,23-24H,3-6,9,11-14H2,1-2H3,(H,30,31)/t17-,20?,23+,24?/m1/s1. The number of carbonyl (C=O) groups is 1. The Morgan fingerprint density at radius 1 is 1.24 bits per heavy atom. The summed E-state index contributed by atoms with van der Waals surface area (Å²) in [5.74, 6) is -0.233. The quantitative estimate of drug-likeness (QED) is 0.597. The van der Waals surface area contributed by atoms with Crippen LogP contribution in [0.3, 0.4) is 0 Å². The Bertz CT molecular complexity index is 1190. The maximum atomic E-state index is 14.2. The first kappa shape index (κ1) is 23.7. The Kier molecular flexibility index (Phi) is 6.21. The molecule has 2 saturated carbocycles. The predicted molar refractivity (Wildman–Crippen MR) is 127 cm³/mol. The molecule has 1 saturated heterocycles. The van der Waals surface area contributed by atoms with E-state index in [-0.39, 0.29) is 29.5 Å². The summed E-state index contributed by atoms with van der Waals surface area (Å²) < 4.78 is 44.6. The Morgan fingerprint density at radius 3 is 2.62 bits per heavy atom. The van der Waals surface area contributed by atoms with Gasteiger partial charge in [0.15, 0.2) is 0 Å². The minimum Gasteiger partial charge on any atom is -0.481 e. The molecular formula is C25H34FN3O4S. The van der Waals surface area contributed by atoms with Gasteiger partial charge in [-0.1, -0.05) is 39.5 Å². The van der Waals surface area contributed by atoms with Gasteiger partial charge in [0.2, 0.25) is 10.0 Å². The fourth-order valence-electron chi connectivity index (χ4n) is 6.33. The van der Waals surface area contributed by atoms with E-state index in [9.17, 15) is 22.7 Å². The van der Waals surface area contributed by atoms with Gasteiger partial charge in [0.05, 0.1) is 28.9 Å². The van der Waals surface area contributed by atoms with Gasteiger partial charge in [0.1, 0.15) is 5.82 Å². The summed E-state index contributed by atoms with van der Waals surface area (Å²) in [5, 5.41) is 14.3. The van der Waals surface area contributed by atoms with E-state index in [1.807, 2.05) is 0 Å². The molecule has 3 aliphatic rings. The summed E-state index contributed by atoms with van der Waals surface area (Å²) >= 11 is 0. The summed E-state index contributed by atoms with van der Waals surface area (Å²) in [6.45, 7) is 4.91. The normalized spacial score (nSPS) is 28.4. The van der Waals surface area contributed by atoms with Crippen molar-refractivity contribution >= 4 is 26.9 Å². The van der Waals surface area contributed by atoms with Crippen LogP contribution in [0.1, 0.15) is 64.1 Å². The molecule has 0 bridgehead atoms. The van der Waals surface area contributed by atoms with Crippen LogP contribution in [-0.2, 0) is 21.2 Å². The molecule has 1 aromatic heterocycles. The van der Waals surface area contributed by atoms with Crippen LogP contribution < -0.4 is 0 Å². The summed E-state index contributed by atoms with van der Waals surface area (Å²) in [7, 11) is -3.42. The fourth-order valence-corrected chi connectivity index (χ4v) is 8.70. The Morgan fingerprint density at radius 2 is 1.97 bits per heavy atom. The van der Waals surface area contributed by atoms with Crippen LogP contribution in [0.2, 0.25) is 0 Å². The Hall–Kier alpha value is -2.00. The molecule has 5 rings (SSSR count). The van der Waals surface area contributed by atoms with Gasteiger partial charge in [0.25, 0.3) is 0 Å². The van der Waals surface area contributed by atoms with E-state index in [1.165, 1.54) is 25.0 Å². The van der Waals surface area contributed by atoms with Gasteiger partial charge in [0, 0.05) is 18.5 Å². The number of carboxylic acids is 1. The Balaban J connectivity index is 1.51. The van der Waals surface area contributed by atoms with Crippen LogP contribution in [0.5, 0.6) is 0 Å². The molecule has 7 nitrogen and oxygen atoms in total. The number of nitrogens with zero attached hydrogens (tertiary/aromatic N) is 3. The zero-order valence-electron chi connectivity index (χ0n) is 19.9. The van der Waals surface area contributed by atoms with Crippen molar-refractivity contribution in [3.05, 3.63) is 29.7 Å². The van der Waals surface area contributed by atoms with E-state index >= 15 is 0 Å². The van der Waals surface area contributed by atoms with E-state index in [0.717, 1.165) is 19.3 Å². The van der Waals surface area contributed by atoms with Gasteiger partial charge in [-0.2, -0.15) is 9.40 Å². The number of sulfonamides is 1. The molecule has 9 heteroatoms. The average molecular weight is 492 g/mol. The predicted octanol–water partition coefficient (Wildman–Crippen LogP) is 4.23. The van der Waals surface area contributed by atoms with E-state index in [2.05, 4.69) is 18.9 Å². The van der Waals surface area contributed by atoms with E-state index in [4.69, 9.17) is 0 Å². The van der Waals surface area contributed by atoms with Crippen LogP contribution in [0.25, 0.3) is 10.9 Å². The number of hydrogen-bond donors (Lipinski definition) is 1. The van der Waals surface area contributed by atoms with Gasteiger partial charge in [-0.25, -0.2) is 12.8 Å². The number of benzene rings is 1. The third-order valence-electron chi connectivity index (χ3n) is 8.24.